The molecule has 162 valence electrons. The van der Waals surface area contributed by atoms with Gasteiger partial charge in [-0.15, -0.1) is 0 Å². The molecule has 0 aliphatic heterocycles. The lowest BCUT2D eigenvalue weighted by molar-refractivity contribution is 0.411. The average molecular weight is 436 g/mol. The first-order chi connectivity index (χ1) is 14.9. The second-order valence-corrected chi connectivity index (χ2v) is 9.92. The van der Waals surface area contributed by atoms with Crippen molar-refractivity contribution in [3.05, 3.63) is 71.3 Å². The Morgan fingerprint density at radius 1 is 0.935 bits per heavy atom. The molecule has 4 nitrogen and oxygen atoms in total. The van der Waals surface area contributed by atoms with Crippen molar-refractivity contribution in [2.24, 2.45) is 0 Å². The van der Waals surface area contributed by atoms with Gasteiger partial charge in [-0.2, -0.15) is 0 Å². The Kier molecular flexibility index (Phi) is 5.80. The third-order valence-electron chi connectivity index (χ3n) is 6.06. The lowest BCUT2D eigenvalue weighted by Gasteiger charge is -2.16. The zero-order chi connectivity index (χ0) is 22.2. The van der Waals surface area contributed by atoms with Crippen LogP contribution >= 0.6 is 0 Å². The summed E-state index contributed by atoms with van der Waals surface area (Å²) in [7, 11) is -2.11. The zero-order valence-electron chi connectivity index (χ0n) is 18.6. The number of unbranched alkanes of at least 4 members (excludes halogenated alkanes) is 2. The Morgan fingerprint density at radius 3 is 2.32 bits per heavy atom. The summed E-state index contributed by atoms with van der Waals surface area (Å²) >= 11 is 0. The van der Waals surface area contributed by atoms with Gasteiger partial charge in [-0.3, -0.25) is 0 Å². The molecular formula is C26H29NO3S. The number of fused-ring (bicyclic) bond motifs is 3. The molecule has 0 amide bonds. The molecule has 0 aliphatic carbocycles. The zero-order valence-corrected chi connectivity index (χ0v) is 19.4. The molecular weight excluding hydrogens is 406 g/mol. The maximum Gasteiger partial charge on any atom is 0.268 e. The minimum Gasteiger partial charge on any atom is -0.496 e. The van der Waals surface area contributed by atoms with Gasteiger partial charge in [0.1, 0.15) is 5.75 Å². The Hall–Kier alpha value is -2.79. The molecule has 0 N–H and O–H groups in total. The van der Waals surface area contributed by atoms with Crippen LogP contribution in [0.2, 0.25) is 0 Å². The fourth-order valence-electron chi connectivity index (χ4n) is 4.37. The summed E-state index contributed by atoms with van der Waals surface area (Å²) in [6, 6.07) is 16.8. The van der Waals surface area contributed by atoms with Crippen molar-refractivity contribution in [2.45, 2.75) is 51.3 Å². The van der Waals surface area contributed by atoms with Crippen molar-refractivity contribution in [3.8, 4) is 5.75 Å². The molecule has 31 heavy (non-hydrogen) atoms. The van der Waals surface area contributed by atoms with Gasteiger partial charge in [-0.05, 0) is 62.1 Å². The highest BCUT2D eigenvalue weighted by Gasteiger charge is 2.26. The van der Waals surface area contributed by atoms with E-state index in [4.69, 9.17) is 4.74 Å². The molecule has 0 fully saturated rings. The van der Waals surface area contributed by atoms with Crippen LogP contribution in [-0.2, 0) is 16.4 Å². The second-order valence-electron chi connectivity index (χ2n) is 8.14. The highest BCUT2D eigenvalue weighted by molar-refractivity contribution is 7.90. The third-order valence-corrected chi connectivity index (χ3v) is 7.79. The largest absolute Gasteiger partial charge is 0.496 e. The highest BCUT2D eigenvalue weighted by Crippen LogP contribution is 2.39. The maximum absolute atomic E-state index is 13.9. The van der Waals surface area contributed by atoms with E-state index < -0.39 is 10.0 Å². The van der Waals surface area contributed by atoms with Crippen LogP contribution in [0.15, 0.2) is 59.5 Å². The van der Waals surface area contributed by atoms with Gasteiger partial charge in [0.2, 0.25) is 0 Å². The van der Waals surface area contributed by atoms with Gasteiger partial charge in [0.15, 0.2) is 0 Å². The van der Waals surface area contributed by atoms with Crippen molar-refractivity contribution in [3.63, 3.8) is 0 Å². The van der Waals surface area contributed by atoms with Crippen molar-refractivity contribution in [2.75, 3.05) is 7.11 Å². The number of aromatic nitrogens is 1. The number of aryl methyl sites for hydroxylation is 2. The third kappa shape index (κ3) is 3.61. The first-order valence-electron chi connectivity index (χ1n) is 10.8. The Balaban J connectivity index is 2.12. The van der Waals surface area contributed by atoms with Crippen LogP contribution in [0.1, 0.15) is 42.9 Å². The smallest absolute Gasteiger partial charge is 0.268 e. The van der Waals surface area contributed by atoms with E-state index >= 15 is 0 Å². The molecule has 4 rings (SSSR count). The van der Waals surface area contributed by atoms with E-state index in [-0.39, 0.29) is 0 Å². The van der Waals surface area contributed by atoms with E-state index in [0.29, 0.717) is 10.4 Å². The number of hydrogen-bond donors (Lipinski definition) is 0. The molecule has 1 aromatic heterocycles. The quantitative estimate of drug-likeness (QED) is 0.316. The van der Waals surface area contributed by atoms with E-state index in [9.17, 15) is 8.42 Å². The fraction of sp³-hybridized carbons (Fsp3) is 0.308. The topological polar surface area (TPSA) is 48.3 Å². The molecule has 0 atom stereocenters. The maximum atomic E-state index is 13.9. The normalized spacial score (nSPS) is 12.0. The van der Waals surface area contributed by atoms with Crippen LogP contribution in [-0.4, -0.2) is 19.5 Å². The Labute approximate surface area is 184 Å². The van der Waals surface area contributed by atoms with E-state index in [1.807, 2.05) is 56.3 Å². The van der Waals surface area contributed by atoms with Crippen molar-refractivity contribution >= 4 is 31.8 Å². The molecule has 0 saturated heterocycles. The van der Waals surface area contributed by atoms with Gasteiger partial charge in [0, 0.05) is 10.8 Å². The number of rotatable bonds is 7. The van der Waals surface area contributed by atoms with Crippen LogP contribution < -0.4 is 4.74 Å². The van der Waals surface area contributed by atoms with Crippen molar-refractivity contribution in [1.29, 1.82) is 0 Å². The highest BCUT2D eigenvalue weighted by atomic mass is 32.2. The predicted octanol–water partition coefficient (Wildman–Crippen LogP) is 6.39. The molecule has 0 spiro atoms. The molecule has 5 heteroatoms. The van der Waals surface area contributed by atoms with Crippen LogP contribution in [0.3, 0.4) is 0 Å². The summed E-state index contributed by atoms with van der Waals surface area (Å²) in [5, 5.41) is 1.84. The fourth-order valence-corrected chi connectivity index (χ4v) is 5.93. The second kappa shape index (κ2) is 8.39. The number of methoxy groups -OCH3 is 1. The van der Waals surface area contributed by atoms with E-state index in [2.05, 4.69) is 6.92 Å². The summed E-state index contributed by atoms with van der Waals surface area (Å²) in [5.41, 5.74) is 4.56. The van der Waals surface area contributed by atoms with Gasteiger partial charge >= 0.3 is 0 Å². The van der Waals surface area contributed by atoms with Gasteiger partial charge in [0.05, 0.1) is 23.0 Å². The van der Waals surface area contributed by atoms with E-state index in [1.165, 1.54) is 0 Å². The lowest BCUT2D eigenvalue weighted by atomic mass is 9.98. The minimum absolute atomic E-state index is 0.300. The molecule has 3 aromatic carbocycles. The monoisotopic (exact) mass is 435 g/mol. The Bertz CT molecular complexity index is 1350. The molecule has 0 saturated carbocycles. The lowest BCUT2D eigenvalue weighted by Crippen LogP contribution is -2.14. The number of para-hydroxylation sites is 1. The van der Waals surface area contributed by atoms with Crippen molar-refractivity contribution < 1.29 is 13.2 Å². The number of hydrogen-bond acceptors (Lipinski definition) is 3. The summed E-state index contributed by atoms with van der Waals surface area (Å²) in [6.45, 7) is 6.16. The van der Waals surface area contributed by atoms with Crippen molar-refractivity contribution in [1.82, 2.24) is 3.97 Å². The average Bonchev–Trinajstić information content (AvgIpc) is 3.10. The van der Waals surface area contributed by atoms with E-state index in [1.54, 1.807) is 23.2 Å². The molecule has 0 unspecified atom stereocenters. The van der Waals surface area contributed by atoms with Crippen LogP contribution in [0, 0.1) is 13.8 Å². The summed E-state index contributed by atoms with van der Waals surface area (Å²) in [4.78, 5) is 0.300. The first-order valence-corrected chi connectivity index (χ1v) is 12.3. The molecule has 0 radical (unpaired) electrons. The number of ether oxygens (including phenoxy) is 1. The van der Waals surface area contributed by atoms with Gasteiger partial charge in [-0.1, -0.05) is 55.7 Å². The Morgan fingerprint density at radius 2 is 1.65 bits per heavy atom. The summed E-state index contributed by atoms with van der Waals surface area (Å²) in [6.07, 6.45) is 4.03. The molecule has 0 aliphatic rings. The SMILES string of the molecule is CCCCCc1c(C)c(OC)cc2c3ccccc3n(S(=O)(=O)c3ccc(C)cc3)c12. The standard InChI is InChI=1S/C26H29NO3S/c1-5-6-7-10-21-19(3)25(30-4)17-23-22-11-8-9-12-24(22)27(26(21)23)31(28,29)20-15-13-18(2)14-16-20/h8-9,11-17H,5-7,10H2,1-4H3. The predicted molar refractivity (Wildman–Crippen MR) is 128 cm³/mol. The van der Waals surface area contributed by atoms with Gasteiger partial charge in [0.25, 0.3) is 10.0 Å². The molecule has 1 heterocycles. The first kappa shape index (κ1) is 21.4. The van der Waals surface area contributed by atoms with Crippen LogP contribution in [0.25, 0.3) is 21.8 Å². The number of benzene rings is 3. The van der Waals surface area contributed by atoms with Gasteiger partial charge < -0.3 is 4.74 Å². The number of nitrogens with zero attached hydrogens (tertiary/aromatic N) is 1. The summed E-state index contributed by atoms with van der Waals surface area (Å²) < 4.78 is 35.1. The van der Waals surface area contributed by atoms with Gasteiger partial charge in [-0.25, -0.2) is 12.4 Å². The minimum atomic E-state index is -3.78. The van der Waals surface area contributed by atoms with Crippen LogP contribution in [0.4, 0.5) is 0 Å². The van der Waals surface area contributed by atoms with Crippen LogP contribution in [0.5, 0.6) is 5.75 Å². The molecule has 4 aromatic rings. The van der Waals surface area contributed by atoms with E-state index in [0.717, 1.165) is 64.4 Å². The molecule has 0 bridgehead atoms. The summed E-state index contributed by atoms with van der Waals surface area (Å²) in [5.74, 6) is 0.801.